The maximum Gasteiger partial charge on any atom is 0.322 e. The maximum absolute atomic E-state index is 10.3. The Morgan fingerprint density at radius 2 is 1.94 bits per heavy atom. The third-order valence-electron chi connectivity index (χ3n) is 1.93. The normalized spacial score (nSPS) is 10.1. The summed E-state index contributed by atoms with van der Waals surface area (Å²) in [4.78, 5) is 31.3. The second-order valence-electron chi connectivity index (χ2n) is 3.01. The van der Waals surface area contributed by atoms with Gasteiger partial charge in [0.25, 0.3) is 0 Å². The Labute approximate surface area is 95.8 Å². The molecular weight excluding hydrogens is 226 g/mol. The molecule has 0 aliphatic rings. The predicted molar refractivity (Wildman–Crippen MR) is 57.0 cm³/mol. The van der Waals surface area contributed by atoms with Crippen LogP contribution in [0, 0.1) is 0 Å². The summed E-state index contributed by atoms with van der Waals surface area (Å²) in [6.45, 7) is -0.246. The quantitative estimate of drug-likeness (QED) is 0.714. The average Bonchev–Trinajstić information content (AvgIpc) is 2.81. The fraction of sp³-hybridized carbons (Fsp3) is 0.200. The fourth-order valence-electron chi connectivity index (χ4n) is 1.29. The van der Waals surface area contributed by atoms with Gasteiger partial charge in [0, 0.05) is 6.20 Å². The summed E-state index contributed by atoms with van der Waals surface area (Å²) >= 11 is 0. The van der Waals surface area contributed by atoms with Crippen molar-refractivity contribution in [3.63, 3.8) is 0 Å². The molecule has 2 heterocycles. The van der Waals surface area contributed by atoms with Crippen LogP contribution in [-0.4, -0.2) is 40.7 Å². The Kier molecular flexibility index (Phi) is 3.29. The van der Waals surface area contributed by atoms with Crippen molar-refractivity contribution in [2.75, 3.05) is 13.2 Å². The highest BCUT2D eigenvalue weighted by Crippen LogP contribution is 2.23. The first-order valence-electron chi connectivity index (χ1n) is 4.83. The summed E-state index contributed by atoms with van der Waals surface area (Å²) in [7, 11) is 0. The summed E-state index contributed by atoms with van der Waals surface area (Å²) in [6, 6.07) is 1.74. The van der Waals surface area contributed by atoms with Crippen LogP contribution < -0.4 is 9.47 Å². The number of aldehydes is 2. The van der Waals surface area contributed by atoms with Gasteiger partial charge in [-0.05, 0) is 6.07 Å². The van der Waals surface area contributed by atoms with E-state index >= 15 is 0 Å². The first kappa shape index (κ1) is 11.1. The van der Waals surface area contributed by atoms with Crippen LogP contribution in [0.2, 0.25) is 0 Å². The number of aromatic nitrogens is 3. The lowest BCUT2D eigenvalue weighted by molar-refractivity contribution is -0.110. The predicted octanol–water partition coefficient (Wildman–Crippen LogP) is 0.113. The molecule has 0 unspecified atom stereocenters. The summed E-state index contributed by atoms with van der Waals surface area (Å²) in [5, 5.41) is 0.644. The van der Waals surface area contributed by atoms with Crippen LogP contribution in [0.5, 0.6) is 11.9 Å². The summed E-state index contributed by atoms with van der Waals surface area (Å²) in [6.07, 6.45) is 2.87. The topological polar surface area (TPSA) is 94.2 Å². The molecule has 1 N–H and O–H groups in total. The number of H-pyrrole nitrogens is 1. The van der Waals surface area contributed by atoms with Crippen LogP contribution in [0.3, 0.4) is 0 Å². The monoisotopic (exact) mass is 235 g/mol. The van der Waals surface area contributed by atoms with E-state index in [4.69, 9.17) is 9.47 Å². The number of nitrogens with zero attached hydrogens (tertiary/aromatic N) is 2. The number of nitrogens with one attached hydrogen (secondary N) is 1. The molecule has 0 saturated carbocycles. The highest BCUT2D eigenvalue weighted by atomic mass is 16.5. The van der Waals surface area contributed by atoms with E-state index in [1.165, 1.54) is 0 Å². The van der Waals surface area contributed by atoms with E-state index < -0.39 is 0 Å². The van der Waals surface area contributed by atoms with Crippen molar-refractivity contribution in [3.8, 4) is 11.9 Å². The minimum Gasteiger partial charge on any atom is -0.469 e. The van der Waals surface area contributed by atoms with Gasteiger partial charge in [-0.25, -0.2) is 0 Å². The van der Waals surface area contributed by atoms with Gasteiger partial charge in [-0.3, -0.25) is 9.59 Å². The van der Waals surface area contributed by atoms with Gasteiger partial charge in [0.15, 0.2) is 12.6 Å². The first-order valence-corrected chi connectivity index (χ1v) is 4.83. The standard InChI is InChI=1S/C10H9N3O4/c14-3-5-16-9-7-1-2-11-8(7)12-10(13-9)17-6-4-15/h1-4H,5-6H2,(H,11,12,13). The SMILES string of the molecule is O=CCOc1nc(OCC=O)c2cc[nH]c2n1. The second-order valence-corrected chi connectivity index (χ2v) is 3.01. The van der Waals surface area contributed by atoms with Gasteiger partial charge in [0.2, 0.25) is 5.88 Å². The number of ether oxygens (including phenoxy) is 2. The third kappa shape index (κ3) is 2.39. The molecule has 0 radical (unpaired) electrons. The first-order chi connectivity index (χ1) is 8.35. The van der Waals surface area contributed by atoms with E-state index in [2.05, 4.69) is 15.0 Å². The van der Waals surface area contributed by atoms with Crippen molar-refractivity contribution in [2.45, 2.75) is 0 Å². The van der Waals surface area contributed by atoms with Gasteiger partial charge in [-0.2, -0.15) is 9.97 Å². The van der Waals surface area contributed by atoms with Crippen molar-refractivity contribution in [3.05, 3.63) is 12.3 Å². The highest BCUT2D eigenvalue weighted by molar-refractivity contribution is 5.81. The number of carbonyl (C=O) groups excluding carboxylic acids is 2. The largest absolute Gasteiger partial charge is 0.469 e. The number of carbonyl (C=O) groups is 2. The number of rotatable bonds is 6. The van der Waals surface area contributed by atoms with Crippen molar-refractivity contribution in [1.29, 1.82) is 0 Å². The Morgan fingerprint density at radius 3 is 2.71 bits per heavy atom. The van der Waals surface area contributed by atoms with E-state index in [0.29, 0.717) is 23.6 Å². The minimum atomic E-state index is -0.140. The molecule has 0 spiro atoms. The van der Waals surface area contributed by atoms with Gasteiger partial charge in [0.1, 0.15) is 18.9 Å². The van der Waals surface area contributed by atoms with Crippen LogP contribution in [-0.2, 0) is 9.59 Å². The van der Waals surface area contributed by atoms with Crippen molar-refractivity contribution < 1.29 is 19.1 Å². The maximum atomic E-state index is 10.3. The lowest BCUT2D eigenvalue weighted by atomic mass is 10.4. The molecule has 2 rings (SSSR count). The van der Waals surface area contributed by atoms with Crippen LogP contribution in [0.4, 0.5) is 0 Å². The molecule has 2 aromatic heterocycles. The van der Waals surface area contributed by atoms with E-state index in [9.17, 15) is 9.59 Å². The molecule has 0 aliphatic heterocycles. The van der Waals surface area contributed by atoms with Crippen molar-refractivity contribution >= 4 is 23.6 Å². The summed E-state index contributed by atoms with van der Waals surface area (Å²) in [5.74, 6) is 0.240. The van der Waals surface area contributed by atoms with Gasteiger partial charge >= 0.3 is 6.01 Å². The summed E-state index contributed by atoms with van der Waals surface area (Å²) in [5.41, 5.74) is 0.516. The number of hydrogen-bond acceptors (Lipinski definition) is 6. The zero-order valence-electron chi connectivity index (χ0n) is 8.75. The molecule has 0 bridgehead atoms. The Morgan fingerprint density at radius 1 is 1.18 bits per heavy atom. The lowest BCUT2D eigenvalue weighted by Gasteiger charge is -2.05. The molecule has 0 saturated heterocycles. The summed E-state index contributed by atoms with van der Waals surface area (Å²) < 4.78 is 10.1. The lowest BCUT2D eigenvalue weighted by Crippen LogP contribution is -2.05. The highest BCUT2D eigenvalue weighted by Gasteiger charge is 2.10. The van der Waals surface area contributed by atoms with Gasteiger partial charge in [0.05, 0.1) is 5.39 Å². The van der Waals surface area contributed by atoms with E-state index in [0.717, 1.165) is 0 Å². The molecule has 88 valence electrons. The molecule has 0 atom stereocenters. The van der Waals surface area contributed by atoms with Crippen molar-refractivity contribution in [1.82, 2.24) is 15.0 Å². The Balaban J connectivity index is 2.35. The third-order valence-corrected chi connectivity index (χ3v) is 1.93. The molecule has 0 aromatic carbocycles. The van der Waals surface area contributed by atoms with E-state index in [-0.39, 0.29) is 25.1 Å². The van der Waals surface area contributed by atoms with E-state index in [1.807, 2.05) is 0 Å². The van der Waals surface area contributed by atoms with Crippen LogP contribution in [0.15, 0.2) is 12.3 Å². The Hall–Kier alpha value is -2.44. The second kappa shape index (κ2) is 5.06. The molecule has 2 aromatic rings. The molecule has 7 nitrogen and oxygen atoms in total. The molecule has 7 heteroatoms. The average molecular weight is 235 g/mol. The zero-order chi connectivity index (χ0) is 12.1. The smallest absolute Gasteiger partial charge is 0.322 e. The van der Waals surface area contributed by atoms with Gasteiger partial charge < -0.3 is 14.5 Å². The fourth-order valence-corrected chi connectivity index (χ4v) is 1.29. The van der Waals surface area contributed by atoms with Gasteiger partial charge in [-0.15, -0.1) is 0 Å². The van der Waals surface area contributed by atoms with Crippen LogP contribution >= 0.6 is 0 Å². The van der Waals surface area contributed by atoms with Crippen molar-refractivity contribution in [2.24, 2.45) is 0 Å². The molecule has 17 heavy (non-hydrogen) atoms. The molecule has 0 fully saturated rings. The molecular formula is C10H9N3O4. The van der Waals surface area contributed by atoms with E-state index in [1.54, 1.807) is 12.3 Å². The molecule has 0 amide bonds. The number of fused-ring (bicyclic) bond motifs is 1. The number of hydrogen-bond donors (Lipinski definition) is 1. The Bertz CT molecular complexity index is 537. The number of aromatic amines is 1. The van der Waals surface area contributed by atoms with Crippen LogP contribution in [0.25, 0.3) is 11.0 Å². The van der Waals surface area contributed by atoms with Gasteiger partial charge in [-0.1, -0.05) is 0 Å². The minimum absolute atomic E-state index is 0.0212. The molecule has 0 aliphatic carbocycles. The zero-order valence-corrected chi connectivity index (χ0v) is 8.75. The van der Waals surface area contributed by atoms with Crippen LogP contribution in [0.1, 0.15) is 0 Å².